The minimum atomic E-state index is -0.0429. The lowest BCUT2D eigenvalue weighted by molar-refractivity contribution is 0.574. The maximum absolute atomic E-state index is 6.31. The number of aryl methyl sites for hydroxylation is 2. The molecule has 0 fully saturated rings. The van der Waals surface area contributed by atoms with E-state index in [4.69, 9.17) is 16.6 Å². The van der Waals surface area contributed by atoms with Crippen molar-refractivity contribution in [1.82, 2.24) is 9.55 Å². The number of nitrogens with zero attached hydrogens (tertiary/aromatic N) is 2. The summed E-state index contributed by atoms with van der Waals surface area (Å²) in [5.41, 5.74) is 3.64. The first-order chi connectivity index (χ1) is 9.67. The second-order valence-electron chi connectivity index (χ2n) is 5.47. The fraction of sp³-hybridized carbons (Fsp3) is 0.588. The smallest absolute Gasteiger partial charge is 0.127 e. The first-order valence-corrected chi connectivity index (χ1v) is 8.24. The molecule has 2 nitrogen and oxygen atoms in total. The average molecular weight is 293 g/mol. The number of halogens is 1. The number of fused-ring (bicyclic) bond motifs is 1. The molecule has 1 aromatic carbocycles. The van der Waals surface area contributed by atoms with Crippen LogP contribution in [0.5, 0.6) is 0 Å². The Kier molecular flexibility index (Phi) is 5.47. The minimum Gasteiger partial charge on any atom is -0.327 e. The number of hydrogen-bond acceptors (Lipinski definition) is 1. The first-order valence-electron chi connectivity index (χ1n) is 7.80. The van der Waals surface area contributed by atoms with Gasteiger partial charge in [0.05, 0.1) is 16.4 Å². The van der Waals surface area contributed by atoms with Crippen molar-refractivity contribution in [2.45, 2.75) is 64.8 Å². The molecule has 3 heteroatoms. The van der Waals surface area contributed by atoms with Gasteiger partial charge in [-0.15, -0.1) is 11.6 Å². The molecule has 2 aromatic rings. The van der Waals surface area contributed by atoms with Crippen LogP contribution in [0.4, 0.5) is 0 Å². The van der Waals surface area contributed by atoms with Crippen molar-refractivity contribution in [3.8, 4) is 0 Å². The molecule has 110 valence electrons. The van der Waals surface area contributed by atoms with Crippen molar-refractivity contribution in [1.29, 1.82) is 0 Å². The summed E-state index contributed by atoms with van der Waals surface area (Å²) in [7, 11) is 0. The van der Waals surface area contributed by atoms with Crippen LogP contribution in [0.15, 0.2) is 18.2 Å². The lowest BCUT2D eigenvalue weighted by atomic mass is 10.1. The molecular formula is C17H25ClN2. The van der Waals surface area contributed by atoms with E-state index < -0.39 is 0 Å². The molecule has 0 radical (unpaired) electrons. The summed E-state index contributed by atoms with van der Waals surface area (Å²) in [6.07, 6.45) is 6.09. The van der Waals surface area contributed by atoms with Crippen molar-refractivity contribution >= 4 is 22.6 Å². The normalized spacial score (nSPS) is 13.0. The molecule has 1 unspecified atom stereocenters. The van der Waals surface area contributed by atoms with Crippen LogP contribution < -0.4 is 0 Å². The number of benzene rings is 1. The Hall–Kier alpha value is -1.02. The van der Waals surface area contributed by atoms with Crippen LogP contribution in [-0.4, -0.2) is 9.55 Å². The fourth-order valence-electron chi connectivity index (χ4n) is 2.65. The molecule has 0 bridgehead atoms. The average Bonchev–Trinajstić information content (AvgIpc) is 2.81. The van der Waals surface area contributed by atoms with E-state index in [1.807, 2.05) is 6.92 Å². The minimum absolute atomic E-state index is 0.0429. The number of unbranched alkanes of at least 4 members (excludes halogenated alkanes) is 3. The van der Waals surface area contributed by atoms with Crippen molar-refractivity contribution < 1.29 is 0 Å². The molecule has 0 spiro atoms. The standard InChI is InChI=1S/C17H25ClN2/c1-4-6-7-8-11-20-16-10-9-14(5-2)12-15(16)19-17(20)13(3)18/h9-10,12-13H,4-8,11H2,1-3H3. The Labute approximate surface area is 127 Å². The summed E-state index contributed by atoms with van der Waals surface area (Å²) in [5.74, 6) is 1.01. The topological polar surface area (TPSA) is 17.8 Å². The summed E-state index contributed by atoms with van der Waals surface area (Å²) in [6.45, 7) is 7.44. The maximum atomic E-state index is 6.31. The lowest BCUT2D eigenvalue weighted by Gasteiger charge is -2.10. The molecule has 0 saturated carbocycles. The highest BCUT2D eigenvalue weighted by molar-refractivity contribution is 6.20. The van der Waals surface area contributed by atoms with E-state index in [0.717, 1.165) is 24.3 Å². The maximum Gasteiger partial charge on any atom is 0.127 e. The van der Waals surface area contributed by atoms with Gasteiger partial charge >= 0.3 is 0 Å². The van der Waals surface area contributed by atoms with E-state index in [0.29, 0.717) is 0 Å². The SMILES string of the molecule is CCCCCCn1c(C(C)Cl)nc2cc(CC)ccc21. The van der Waals surface area contributed by atoms with Gasteiger partial charge in [0.1, 0.15) is 5.82 Å². The molecular weight excluding hydrogens is 268 g/mol. The molecule has 20 heavy (non-hydrogen) atoms. The third-order valence-electron chi connectivity index (χ3n) is 3.84. The van der Waals surface area contributed by atoms with Gasteiger partial charge in [0, 0.05) is 6.54 Å². The molecule has 2 rings (SSSR count). The highest BCUT2D eigenvalue weighted by Crippen LogP contribution is 2.26. The number of alkyl halides is 1. The number of imidazole rings is 1. The van der Waals surface area contributed by atoms with Gasteiger partial charge in [0.25, 0.3) is 0 Å². The quantitative estimate of drug-likeness (QED) is 0.488. The molecule has 0 saturated heterocycles. The summed E-state index contributed by atoms with van der Waals surface area (Å²) >= 11 is 6.31. The summed E-state index contributed by atoms with van der Waals surface area (Å²) in [4.78, 5) is 4.75. The molecule has 0 aliphatic carbocycles. The predicted molar refractivity (Wildman–Crippen MR) is 87.5 cm³/mol. The largest absolute Gasteiger partial charge is 0.327 e. The first kappa shape index (κ1) is 15.4. The van der Waals surface area contributed by atoms with Crippen LogP contribution >= 0.6 is 11.6 Å². The molecule has 0 amide bonds. The van der Waals surface area contributed by atoms with Crippen molar-refractivity contribution in [2.24, 2.45) is 0 Å². The van der Waals surface area contributed by atoms with Crippen molar-refractivity contribution in [2.75, 3.05) is 0 Å². The second kappa shape index (κ2) is 7.12. The Morgan fingerprint density at radius 1 is 1.20 bits per heavy atom. The van der Waals surface area contributed by atoms with E-state index in [-0.39, 0.29) is 5.38 Å². The van der Waals surface area contributed by atoms with Crippen LogP contribution in [0.1, 0.15) is 63.2 Å². The third-order valence-corrected chi connectivity index (χ3v) is 4.04. The highest BCUT2D eigenvalue weighted by atomic mass is 35.5. The molecule has 0 aliphatic heterocycles. The molecule has 1 heterocycles. The lowest BCUT2D eigenvalue weighted by Crippen LogP contribution is -2.04. The van der Waals surface area contributed by atoms with Crippen LogP contribution in [0, 0.1) is 0 Å². The second-order valence-corrected chi connectivity index (χ2v) is 6.13. The van der Waals surface area contributed by atoms with Gasteiger partial charge in [0.15, 0.2) is 0 Å². The predicted octanol–water partition coefficient (Wildman–Crippen LogP) is 5.48. The van der Waals surface area contributed by atoms with Gasteiger partial charge < -0.3 is 4.57 Å². The molecule has 1 aromatic heterocycles. The Balaban J connectivity index is 2.31. The van der Waals surface area contributed by atoms with Crippen molar-refractivity contribution in [3.63, 3.8) is 0 Å². The summed E-state index contributed by atoms with van der Waals surface area (Å²) in [5, 5.41) is -0.0429. The van der Waals surface area contributed by atoms with Crippen LogP contribution in [0.25, 0.3) is 11.0 Å². The number of hydrogen-bond donors (Lipinski definition) is 0. The van der Waals surface area contributed by atoms with Gasteiger partial charge in [-0.3, -0.25) is 0 Å². The Morgan fingerprint density at radius 3 is 2.65 bits per heavy atom. The number of aromatic nitrogens is 2. The zero-order valence-corrected chi connectivity index (χ0v) is 13.6. The van der Waals surface area contributed by atoms with E-state index >= 15 is 0 Å². The van der Waals surface area contributed by atoms with Gasteiger partial charge in [-0.1, -0.05) is 39.2 Å². The van der Waals surface area contributed by atoms with Gasteiger partial charge in [0.2, 0.25) is 0 Å². The fourth-order valence-corrected chi connectivity index (χ4v) is 2.82. The summed E-state index contributed by atoms with van der Waals surface area (Å²) in [6, 6.07) is 6.60. The van der Waals surface area contributed by atoms with Crippen LogP contribution in [-0.2, 0) is 13.0 Å². The molecule has 0 aliphatic rings. The van der Waals surface area contributed by atoms with E-state index in [2.05, 4.69) is 36.6 Å². The van der Waals surface area contributed by atoms with E-state index in [1.165, 1.54) is 36.8 Å². The van der Waals surface area contributed by atoms with Crippen molar-refractivity contribution in [3.05, 3.63) is 29.6 Å². The van der Waals surface area contributed by atoms with Crippen LogP contribution in [0.3, 0.4) is 0 Å². The number of rotatable bonds is 7. The zero-order chi connectivity index (χ0) is 14.5. The summed E-state index contributed by atoms with van der Waals surface area (Å²) < 4.78 is 2.31. The van der Waals surface area contributed by atoms with E-state index in [9.17, 15) is 0 Å². The van der Waals surface area contributed by atoms with Gasteiger partial charge in [-0.2, -0.15) is 0 Å². The van der Waals surface area contributed by atoms with E-state index in [1.54, 1.807) is 0 Å². The Morgan fingerprint density at radius 2 is 2.00 bits per heavy atom. The van der Waals surface area contributed by atoms with Crippen LogP contribution in [0.2, 0.25) is 0 Å². The van der Waals surface area contributed by atoms with Gasteiger partial charge in [-0.25, -0.2) is 4.98 Å². The molecule has 1 atom stereocenters. The monoisotopic (exact) mass is 292 g/mol. The zero-order valence-electron chi connectivity index (χ0n) is 12.8. The Bertz CT molecular complexity index is 557. The molecule has 0 N–H and O–H groups in total. The third kappa shape index (κ3) is 3.35. The highest BCUT2D eigenvalue weighted by Gasteiger charge is 2.14. The van der Waals surface area contributed by atoms with Gasteiger partial charge in [-0.05, 0) is 37.5 Å².